The maximum absolute atomic E-state index is 11.4. The molecule has 1 aliphatic carbocycles. The number of carbonyl (C=O) groups is 1. The van der Waals surface area contributed by atoms with Crippen molar-refractivity contribution in [1.29, 1.82) is 0 Å². The van der Waals surface area contributed by atoms with E-state index < -0.39 is 11.4 Å². The SMILES string of the molecule is Cc1c(C2(C(=O)O)CC2)[nH]n(C)c1=O. The van der Waals surface area contributed by atoms with Gasteiger partial charge in [-0.15, -0.1) is 0 Å². The summed E-state index contributed by atoms with van der Waals surface area (Å²) in [6, 6.07) is 0. The Morgan fingerprint density at radius 3 is 2.43 bits per heavy atom. The average molecular weight is 196 g/mol. The van der Waals surface area contributed by atoms with E-state index in [2.05, 4.69) is 5.10 Å². The Bertz CT molecular complexity index is 451. The number of aliphatic carboxylic acids is 1. The second-order valence-corrected chi connectivity index (χ2v) is 3.86. The van der Waals surface area contributed by atoms with Crippen LogP contribution in [0.3, 0.4) is 0 Å². The van der Waals surface area contributed by atoms with Crippen LogP contribution in [0, 0.1) is 6.92 Å². The molecule has 0 radical (unpaired) electrons. The molecule has 0 atom stereocenters. The van der Waals surface area contributed by atoms with E-state index in [0.717, 1.165) is 0 Å². The van der Waals surface area contributed by atoms with Gasteiger partial charge in [0.2, 0.25) is 0 Å². The van der Waals surface area contributed by atoms with E-state index in [1.54, 1.807) is 14.0 Å². The van der Waals surface area contributed by atoms with Crippen molar-refractivity contribution < 1.29 is 9.90 Å². The first-order valence-electron chi connectivity index (χ1n) is 4.48. The lowest BCUT2D eigenvalue weighted by atomic mass is 10.00. The molecule has 2 N–H and O–H groups in total. The summed E-state index contributed by atoms with van der Waals surface area (Å²) in [5.41, 5.74) is 0.127. The van der Waals surface area contributed by atoms with Gasteiger partial charge in [0.05, 0.1) is 5.69 Å². The van der Waals surface area contributed by atoms with Crippen LogP contribution >= 0.6 is 0 Å². The van der Waals surface area contributed by atoms with Crippen molar-refractivity contribution in [3.63, 3.8) is 0 Å². The largest absolute Gasteiger partial charge is 0.481 e. The van der Waals surface area contributed by atoms with E-state index in [1.807, 2.05) is 0 Å². The molecule has 1 aromatic rings. The molecular weight excluding hydrogens is 184 g/mol. The maximum atomic E-state index is 11.4. The number of carboxylic acid groups (broad SMARTS) is 1. The molecule has 76 valence electrons. The molecule has 14 heavy (non-hydrogen) atoms. The molecule has 0 unspecified atom stereocenters. The zero-order valence-corrected chi connectivity index (χ0v) is 8.13. The second-order valence-electron chi connectivity index (χ2n) is 3.86. The summed E-state index contributed by atoms with van der Waals surface area (Å²) in [6.45, 7) is 1.66. The molecule has 0 saturated heterocycles. The summed E-state index contributed by atoms with van der Waals surface area (Å²) in [5, 5.41) is 11.9. The van der Waals surface area contributed by atoms with Crippen LogP contribution in [0.4, 0.5) is 0 Å². The number of H-pyrrole nitrogens is 1. The molecule has 1 aromatic heterocycles. The number of hydrogen-bond acceptors (Lipinski definition) is 2. The first-order chi connectivity index (χ1) is 6.49. The highest BCUT2D eigenvalue weighted by atomic mass is 16.4. The number of aromatic nitrogens is 2. The van der Waals surface area contributed by atoms with Gasteiger partial charge in [0.25, 0.3) is 5.56 Å². The number of carboxylic acids is 1. The first kappa shape index (κ1) is 9.05. The minimum Gasteiger partial charge on any atom is -0.481 e. The summed E-state index contributed by atoms with van der Waals surface area (Å²) in [5.74, 6) is -0.845. The normalized spacial score (nSPS) is 18.1. The van der Waals surface area contributed by atoms with Crippen LogP contribution in [-0.4, -0.2) is 20.9 Å². The average Bonchev–Trinajstić information content (AvgIpc) is 2.87. The molecule has 0 amide bonds. The predicted molar refractivity (Wildman–Crippen MR) is 49.3 cm³/mol. The highest BCUT2D eigenvalue weighted by molar-refractivity contribution is 5.84. The van der Waals surface area contributed by atoms with Gasteiger partial charge in [-0.3, -0.25) is 19.4 Å². The lowest BCUT2D eigenvalue weighted by molar-refractivity contribution is -0.140. The molecule has 5 nitrogen and oxygen atoms in total. The molecule has 1 saturated carbocycles. The highest BCUT2D eigenvalue weighted by Gasteiger charge is 2.54. The molecule has 1 fully saturated rings. The van der Waals surface area contributed by atoms with Crippen molar-refractivity contribution >= 4 is 5.97 Å². The number of rotatable bonds is 2. The van der Waals surface area contributed by atoms with Gasteiger partial charge < -0.3 is 5.11 Å². The minimum atomic E-state index is -0.845. The maximum Gasteiger partial charge on any atom is 0.315 e. The van der Waals surface area contributed by atoms with Gasteiger partial charge in [0.15, 0.2) is 0 Å². The van der Waals surface area contributed by atoms with Gasteiger partial charge in [0.1, 0.15) is 5.41 Å². The molecule has 0 aliphatic heterocycles. The Kier molecular flexibility index (Phi) is 1.61. The Balaban J connectivity index is 2.58. The summed E-state index contributed by atoms with van der Waals surface area (Å²) in [7, 11) is 1.59. The lowest BCUT2D eigenvalue weighted by Gasteiger charge is -2.07. The number of nitrogens with zero attached hydrogens (tertiary/aromatic N) is 1. The van der Waals surface area contributed by atoms with Crippen LogP contribution in [-0.2, 0) is 17.3 Å². The molecule has 5 heteroatoms. The highest BCUT2D eigenvalue weighted by Crippen LogP contribution is 2.48. The third kappa shape index (κ3) is 0.950. The number of aromatic amines is 1. The zero-order chi connectivity index (χ0) is 10.5. The van der Waals surface area contributed by atoms with Crippen molar-refractivity contribution in [1.82, 2.24) is 9.78 Å². The van der Waals surface area contributed by atoms with E-state index in [1.165, 1.54) is 4.68 Å². The second kappa shape index (κ2) is 2.50. The number of hydrogen-bond donors (Lipinski definition) is 2. The topological polar surface area (TPSA) is 75.1 Å². The Morgan fingerprint density at radius 1 is 1.57 bits per heavy atom. The number of nitrogens with one attached hydrogen (secondary N) is 1. The third-order valence-electron chi connectivity index (χ3n) is 2.92. The van der Waals surface area contributed by atoms with E-state index in [-0.39, 0.29) is 5.56 Å². The van der Waals surface area contributed by atoms with Gasteiger partial charge in [-0.1, -0.05) is 0 Å². The van der Waals surface area contributed by atoms with Gasteiger partial charge in [-0.05, 0) is 19.8 Å². The van der Waals surface area contributed by atoms with Gasteiger partial charge >= 0.3 is 5.97 Å². The lowest BCUT2D eigenvalue weighted by Crippen LogP contribution is -2.21. The molecular formula is C9H12N2O3. The minimum absolute atomic E-state index is 0.146. The van der Waals surface area contributed by atoms with E-state index in [0.29, 0.717) is 24.1 Å². The van der Waals surface area contributed by atoms with Crippen LogP contribution in [0.2, 0.25) is 0 Å². The third-order valence-corrected chi connectivity index (χ3v) is 2.92. The summed E-state index contributed by atoms with van der Waals surface area (Å²) >= 11 is 0. The Morgan fingerprint density at radius 2 is 2.14 bits per heavy atom. The van der Waals surface area contributed by atoms with E-state index in [9.17, 15) is 9.59 Å². The van der Waals surface area contributed by atoms with Crippen molar-refractivity contribution in [3.05, 3.63) is 21.6 Å². The van der Waals surface area contributed by atoms with Crippen LogP contribution in [0.1, 0.15) is 24.1 Å². The molecule has 0 spiro atoms. The fraction of sp³-hybridized carbons (Fsp3) is 0.556. The summed E-state index contributed by atoms with van der Waals surface area (Å²) < 4.78 is 1.33. The Labute approximate surface area is 80.3 Å². The smallest absolute Gasteiger partial charge is 0.315 e. The van der Waals surface area contributed by atoms with Crippen molar-refractivity contribution in [3.8, 4) is 0 Å². The molecule has 1 heterocycles. The standard InChI is InChI=1S/C9H12N2O3/c1-5-6(10-11(2)7(5)12)9(3-4-9)8(13)14/h10H,3-4H2,1-2H3,(H,13,14). The van der Waals surface area contributed by atoms with E-state index >= 15 is 0 Å². The Hall–Kier alpha value is -1.52. The fourth-order valence-corrected chi connectivity index (χ4v) is 1.82. The number of aryl methyl sites for hydroxylation is 1. The molecule has 0 aromatic carbocycles. The van der Waals surface area contributed by atoms with Crippen molar-refractivity contribution in [2.24, 2.45) is 7.05 Å². The van der Waals surface area contributed by atoms with E-state index in [4.69, 9.17) is 5.11 Å². The molecule has 2 rings (SSSR count). The van der Waals surface area contributed by atoms with Gasteiger partial charge in [-0.25, -0.2) is 0 Å². The van der Waals surface area contributed by atoms with Crippen LogP contribution in [0.25, 0.3) is 0 Å². The van der Waals surface area contributed by atoms with Crippen molar-refractivity contribution in [2.75, 3.05) is 0 Å². The fourth-order valence-electron chi connectivity index (χ4n) is 1.82. The predicted octanol–water partition coefficient (Wildman–Crippen LogP) is 0.138. The van der Waals surface area contributed by atoms with Crippen LogP contribution < -0.4 is 5.56 Å². The molecule has 1 aliphatic rings. The summed E-state index contributed by atoms with van der Waals surface area (Å²) in [4.78, 5) is 22.5. The van der Waals surface area contributed by atoms with Crippen molar-refractivity contribution in [2.45, 2.75) is 25.2 Å². The van der Waals surface area contributed by atoms with Crippen LogP contribution in [0.15, 0.2) is 4.79 Å². The first-order valence-corrected chi connectivity index (χ1v) is 4.48. The quantitative estimate of drug-likeness (QED) is 0.706. The molecule has 0 bridgehead atoms. The monoisotopic (exact) mass is 196 g/mol. The van der Waals surface area contributed by atoms with Gasteiger partial charge in [0, 0.05) is 12.6 Å². The van der Waals surface area contributed by atoms with Crippen LogP contribution in [0.5, 0.6) is 0 Å². The zero-order valence-electron chi connectivity index (χ0n) is 8.13. The van der Waals surface area contributed by atoms with Gasteiger partial charge in [-0.2, -0.15) is 0 Å². The summed E-state index contributed by atoms with van der Waals surface area (Å²) in [6.07, 6.45) is 1.23.